The maximum atomic E-state index is 10.4. The summed E-state index contributed by atoms with van der Waals surface area (Å²) in [5.74, 6) is 3.22. The lowest BCUT2D eigenvalue weighted by molar-refractivity contribution is 0.0497. The zero-order valence-corrected chi connectivity index (χ0v) is 18.0. The van der Waals surface area contributed by atoms with Crippen LogP contribution in [0.1, 0.15) is 31.2 Å². The monoisotopic (exact) mass is 403 g/mol. The molecule has 2 saturated carbocycles. The van der Waals surface area contributed by atoms with Gasteiger partial charge in [0, 0.05) is 45.3 Å². The van der Waals surface area contributed by atoms with E-state index in [1.54, 1.807) is 7.11 Å². The quantitative estimate of drug-likeness (QED) is 0.589. The van der Waals surface area contributed by atoms with E-state index in [9.17, 15) is 5.11 Å². The van der Waals surface area contributed by atoms with Gasteiger partial charge in [0.05, 0.1) is 7.11 Å². The van der Waals surface area contributed by atoms with Crippen LogP contribution in [-0.4, -0.2) is 80.5 Å². The van der Waals surface area contributed by atoms with Crippen LogP contribution >= 0.6 is 0 Å². The first-order valence-corrected chi connectivity index (χ1v) is 11.2. The third kappa shape index (κ3) is 6.07. The Morgan fingerprint density at radius 2 is 1.76 bits per heavy atom. The van der Waals surface area contributed by atoms with E-state index in [2.05, 4.69) is 34.3 Å². The predicted molar refractivity (Wildman–Crippen MR) is 115 cm³/mol. The lowest BCUT2D eigenvalue weighted by atomic mass is 10.1. The second-order valence-corrected chi connectivity index (χ2v) is 9.14. The van der Waals surface area contributed by atoms with Crippen molar-refractivity contribution in [3.63, 3.8) is 0 Å². The molecule has 1 aromatic carbocycles. The fourth-order valence-corrected chi connectivity index (χ4v) is 4.38. The van der Waals surface area contributed by atoms with Crippen molar-refractivity contribution in [2.75, 3.05) is 53.5 Å². The van der Waals surface area contributed by atoms with Crippen LogP contribution in [0.15, 0.2) is 18.2 Å². The third-order valence-electron chi connectivity index (χ3n) is 6.53. The summed E-state index contributed by atoms with van der Waals surface area (Å²) >= 11 is 0. The highest BCUT2D eigenvalue weighted by molar-refractivity contribution is 5.43. The van der Waals surface area contributed by atoms with Crippen LogP contribution in [0.25, 0.3) is 0 Å². The van der Waals surface area contributed by atoms with Crippen molar-refractivity contribution < 1.29 is 14.6 Å². The lowest BCUT2D eigenvalue weighted by Crippen LogP contribution is -2.47. The Morgan fingerprint density at radius 3 is 2.38 bits per heavy atom. The molecule has 6 heteroatoms. The number of methoxy groups -OCH3 is 1. The smallest absolute Gasteiger partial charge is 0.161 e. The van der Waals surface area contributed by atoms with Crippen molar-refractivity contribution in [3.8, 4) is 11.5 Å². The molecule has 0 amide bonds. The topological polar surface area (TPSA) is 57.2 Å². The van der Waals surface area contributed by atoms with Gasteiger partial charge in [-0.25, -0.2) is 0 Å². The number of nitrogens with one attached hydrogen (secondary N) is 1. The molecule has 0 aromatic heterocycles. The Labute approximate surface area is 175 Å². The maximum absolute atomic E-state index is 10.4. The van der Waals surface area contributed by atoms with E-state index in [-0.39, 0.29) is 6.61 Å². The number of hydrogen-bond acceptors (Lipinski definition) is 6. The van der Waals surface area contributed by atoms with Gasteiger partial charge in [0.15, 0.2) is 11.5 Å². The van der Waals surface area contributed by atoms with Crippen LogP contribution in [-0.2, 0) is 6.54 Å². The molecule has 0 radical (unpaired) electrons. The molecule has 1 aliphatic heterocycles. The van der Waals surface area contributed by atoms with Gasteiger partial charge in [-0.1, -0.05) is 6.07 Å². The number of hydrogen-bond donors (Lipinski definition) is 2. The number of likely N-dealkylation sites (N-methyl/N-ethyl adjacent to an activating group) is 1. The van der Waals surface area contributed by atoms with Crippen LogP contribution < -0.4 is 14.8 Å². The molecule has 2 N–H and O–H groups in total. The van der Waals surface area contributed by atoms with Gasteiger partial charge in [-0.05, 0) is 62.3 Å². The molecule has 3 fully saturated rings. The molecule has 1 saturated heterocycles. The largest absolute Gasteiger partial charge is 0.493 e. The first-order chi connectivity index (χ1) is 14.1. The Kier molecular flexibility index (Phi) is 6.96. The normalized spacial score (nSPS) is 22.1. The van der Waals surface area contributed by atoms with Crippen molar-refractivity contribution >= 4 is 0 Å². The molecule has 1 aromatic rings. The summed E-state index contributed by atoms with van der Waals surface area (Å²) in [6, 6.07) is 6.83. The van der Waals surface area contributed by atoms with E-state index in [4.69, 9.17) is 9.47 Å². The van der Waals surface area contributed by atoms with E-state index in [1.807, 2.05) is 6.07 Å². The molecule has 0 spiro atoms. The summed E-state index contributed by atoms with van der Waals surface area (Å²) < 4.78 is 11.5. The van der Waals surface area contributed by atoms with Crippen molar-refractivity contribution in [3.05, 3.63) is 23.8 Å². The number of benzene rings is 1. The minimum absolute atomic E-state index is 0.284. The number of β-amino-alcohol motifs (C(OH)–C–C–N with tert-alkyl or cyclic N) is 1. The fourth-order valence-electron chi connectivity index (χ4n) is 4.38. The molecule has 162 valence electrons. The number of ether oxygens (including phenoxy) is 2. The second-order valence-electron chi connectivity index (χ2n) is 9.14. The highest BCUT2D eigenvalue weighted by Gasteiger charge is 2.40. The van der Waals surface area contributed by atoms with Crippen LogP contribution in [0.4, 0.5) is 0 Å². The number of piperazine rings is 1. The van der Waals surface area contributed by atoms with E-state index < -0.39 is 6.10 Å². The molecular weight excluding hydrogens is 366 g/mol. The maximum Gasteiger partial charge on any atom is 0.161 e. The SMILES string of the molecule is COc1ccc(CNC(C2CC2)C2CC2)cc1OC[C@@H](O)CN1CCN(C)CC1. The van der Waals surface area contributed by atoms with E-state index in [0.717, 1.165) is 56.1 Å². The number of nitrogens with zero attached hydrogens (tertiary/aromatic N) is 2. The summed E-state index contributed by atoms with van der Waals surface area (Å²) in [7, 11) is 3.81. The summed E-state index contributed by atoms with van der Waals surface area (Å²) in [4.78, 5) is 4.63. The average Bonchev–Trinajstić information content (AvgIpc) is 3.62. The van der Waals surface area contributed by atoms with E-state index in [0.29, 0.717) is 12.6 Å². The predicted octanol–water partition coefficient (Wildman–Crippen LogP) is 1.96. The zero-order chi connectivity index (χ0) is 20.2. The Hall–Kier alpha value is -1.34. The van der Waals surface area contributed by atoms with Gasteiger partial charge in [-0.15, -0.1) is 0 Å². The molecule has 6 nitrogen and oxygen atoms in total. The molecular formula is C23H37N3O3. The van der Waals surface area contributed by atoms with Gasteiger partial charge >= 0.3 is 0 Å². The van der Waals surface area contributed by atoms with Gasteiger partial charge in [0.2, 0.25) is 0 Å². The van der Waals surface area contributed by atoms with Crippen LogP contribution in [0.5, 0.6) is 11.5 Å². The zero-order valence-electron chi connectivity index (χ0n) is 18.0. The second kappa shape index (κ2) is 9.65. The van der Waals surface area contributed by atoms with Crippen molar-refractivity contribution in [1.82, 2.24) is 15.1 Å². The van der Waals surface area contributed by atoms with Crippen LogP contribution in [0.2, 0.25) is 0 Å². The van der Waals surface area contributed by atoms with Crippen LogP contribution in [0.3, 0.4) is 0 Å². The highest BCUT2D eigenvalue weighted by Crippen LogP contribution is 2.44. The van der Waals surface area contributed by atoms with E-state index in [1.165, 1.54) is 31.2 Å². The highest BCUT2D eigenvalue weighted by atomic mass is 16.5. The molecule has 3 aliphatic rings. The minimum atomic E-state index is -0.501. The summed E-state index contributed by atoms with van der Waals surface area (Å²) in [5, 5.41) is 14.2. The minimum Gasteiger partial charge on any atom is -0.493 e. The first-order valence-electron chi connectivity index (χ1n) is 11.2. The van der Waals surface area contributed by atoms with Crippen molar-refractivity contribution in [1.29, 1.82) is 0 Å². The number of aliphatic hydroxyl groups excluding tert-OH is 1. The Balaban J connectivity index is 1.28. The first kappa shape index (κ1) is 20.9. The average molecular weight is 404 g/mol. The van der Waals surface area contributed by atoms with Gasteiger partial charge in [-0.2, -0.15) is 0 Å². The van der Waals surface area contributed by atoms with Gasteiger partial charge in [0.25, 0.3) is 0 Å². The summed E-state index contributed by atoms with van der Waals surface area (Å²) in [6.45, 7) is 5.91. The molecule has 1 atom stereocenters. The molecule has 0 unspecified atom stereocenters. The molecule has 2 aliphatic carbocycles. The standard InChI is InChI=1S/C23H37N3O3/c1-25-9-11-26(12-10-25)15-20(27)16-29-22-13-17(3-8-21(22)28-2)14-24-23(18-4-5-18)19-6-7-19/h3,8,13,18-20,23-24,27H,4-7,9-12,14-16H2,1-2H3/t20-/m0/s1. The van der Waals surface area contributed by atoms with Gasteiger partial charge < -0.3 is 24.8 Å². The third-order valence-corrected chi connectivity index (χ3v) is 6.53. The van der Waals surface area contributed by atoms with E-state index >= 15 is 0 Å². The Morgan fingerprint density at radius 1 is 1.07 bits per heavy atom. The van der Waals surface area contributed by atoms with Crippen molar-refractivity contribution in [2.24, 2.45) is 11.8 Å². The number of aliphatic hydroxyl groups is 1. The summed E-state index contributed by atoms with van der Waals surface area (Å²) in [6.07, 6.45) is 5.04. The van der Waals surface area contributed by atoms with Gasteiger partial charge in [-0.3, -0.25) is 4.90 Å². The van der Waals surface area contributed by atoms with Crippen molar-refractivity contribution in [2.45, 2.75) is 44.4 Å². The number of rotatable bonds is 11. The summed E-state index contributed by atoms with van der Waals surface area (Å²) in [5.41, 5.74) is 1.21. The lowest BCUT2D eigenvalue weighted by Gasteiger charge is -2.33. The van der Waals surface area contributed by atoms with Crippen LogP contribution in [0, 0.1) is 11.8 Å². The molecule has 4 rings (SSSR count). The van der Waals surface area contributed by atoms with Gasteiger partial charge in [0.1, 0.15) is 12.7 Å². The Bertz CT molecular complexity index is 643. The fraction of sp³-hybridized carbons (Fsp3) is 0.739. The molecule has 1 heterocycles. The molecule has 0 bridgehead atoms. The molecule has 29 heavy (non-hydrogen) atoms.